The zero-order chi connectivity index (χ0) is 15.5. The minimum absolute atomic E-state index is 0.184. The lowest BCUT2D eigenvalue weighted by Crippen LogP contribution is -2.26. The van der Waals surface area contributed by atoms with Gasteiger partial charge in [-0.3, -0.25) is 4.98 Å². The molecular formula is C14H16ClN3O2S. The van der Waals surface area contributed by atoms with E-state index < -0.39 is 10.0 Å². The van der Waals surface area contributed by atoms with Gasteiger partial charge in [0.2, 0.25) is 10.0 Å². The Bertz CT molecular complexity index is 720. The number of nitrogens with two attached hydrogens (primary N) is 1. The van der Waals surface area contributed by atoms with Gasteiger partial charge in [-0.05, 0) is 41.5 Å². The Labute approximate surface area is 129 Å². The third kappa shape index (κ3) is 3.59. The van der Waals surface area contributed by atoms with Crippen molar-refractivity contribution < 1.29 is 8.42 Å². The maximum atomic E-state index is 12.5. The molecule has 5 nitrogen and oxygen atoms in total. The molecule has 7 heteroatoms. The molecule has 0 atom stereocenters. The van der Waals surface area contributed by atoms with E-state index in [9.17, 15) is 8.42 Å². The normalized spacial score (nSPS) is 11.8. The number of hydrogen-bond donors (Lipinski definition) is 1. The average molecular weight is 326 g/mol. The van der Waals surface area contributed by atoms with Crippen molar-refractivity contribution in [2.75, 3.05) is 7.05 Å². The van der Waals surface area contributed by atoms with Gasteiger partial charge in [0.15, 0.2) is 0 Å². The van der Waals surface area contributed by atoms with Crippen LogP contribution in [0.4, 0.5) is 0 Å². The molecule has 21 heavy (non-hydrogen) atoms. The monoisotopic (exact) mass is 325 g/mol. The van der Waals surface area contributed by atoms with Crippen LogP contribution in [-0.2, 0) is 23.1 Å². The first-order valence-corrected chi connectivity index (χ1v) is 8.10. The van der Waals surface area contributed by atoms with Crippen molar-refractivity contribution in [2.45, 2.75) is 18.0 Å². The molecule has 0 amide bonds. The van der Waals surface area contributed by atoms with E-state index in [-0.39, 0.29) is 18.0 Å². The van der Waals surface area contributed by atoms with Gasteiger partial charge in [0.05, 0.1) is 4.90 Å². The third-order valence-corrected chi connectivity index (χ3v) is 5.27. The zero-order valence-electron chi connectivity index (χ0n) is 11.5. The van der Waals surface area contributed by atoms with Gasteiger partial charge in [-0.2, -0.15) is 4.31 Å². The summed E-state index contributed by atoms with van der Waals surface area (Å²) in [6.07, 6.45) is 3.26. The van der Waals surface area contributed by atoms with Crippen molar-refractivity contribution in [2.24, 2.45) is 5.73 Å². The maximum absolute atomic E-state index is 12.5. The molecule has 1 heterocycles. The van der Waals surface area contributed by atoms with Gasteiger partial charge >= 0.3 is 0 Å². The number of halogens is 1. The number of rotatable bonds is 5. The molecular weight excluding hydrogens is 310 g/mol. The SMILES string of the molecule is CN(Cc1ccncc1)S(=O)(=O)c1ccc(Cl)c(CN)c1. The molecule has 1 aromatic heterocycles. The van der Waals surface area contributed by atoms with Gasteiger partial charge in [0.1, 0.15) is 0 Å². The highest BCUT2D eigenvalue weighted by molar-refractivity contribution is 7.89. The second-order valence-electron chi connectivity index (χ2n) is 4.57. The molecule has 0 saturated carbocycles. The van der Waals surface area contributed by atoms with Crippen LogP contribution in [-0.4, -0.2) is 24.8 Å². The van der Waals surface area contributed by atoms with Gasteiger partial charge in [-0.25, -0.2) is 8.42 Å². The second-order valence-corrected chi connectivity index (χ2v) is 7.03. The highest BCUT2D eigenvalue weighted by Gasteiger charge is 2.21. The van der Waals surface area contributed by atoms with Crippen LogP contribution < -0.4 is 5.73 Å². The summed E-state index contributed by atoms with van der Waals surface area (Å²) >= 11 is 5.96. The number of benzene rings is 1. The van der Waals surface area contributed by atoms with Crippen molar-refractivity contribution in [1.82, 2.24) is 9.29 Å². The highest BCUT2D eigenvalue weighted by atomic mass is 35.5. The van der Waals surface area contributed by atoms with Gasteiger partial charge in [-0.15, -0.1) is 0 Å². The summed E-state index contributed by atoms with van der Waals surface area (Å²) in [5.74, 6) is 0. The molecule has 1 aromatic carbocycles. The van der Waals surface area contributed by atoms with Gasteiger partial charge < -0.3 is 5.73 Å². The molecule has 0 aliphatic heterocycles. The van der Waals surface area contributed by atoms with Crippen LogP contribution in [0, 0.1) is 0 Å². The molecule has 0 bridgehead atoms. The van der Waals surface area contributed by atoms with E-state index in [1.54, 1.807) is 30.6 Å². The van der Waals surface area contributed by atoms with Gasteiger partial charge in [-0.1, -0.05) is 11.6 Å². The Balaban J connectivity index is 2.29. The van der Waals surface area contributed by atoms with E-state index in [0.717, 1.165) is 5.56 Å². The van der Waals surface area contributed by atoms with E-state index in [2.05, 4.69) is 4.98 Å². The molecule has 0 saturated heterocycles. The number of aromatic nitrogens is 1. The van der Waals surface area contributed by atoms with Crippen molar-refractivity contribution in [1.29, 1.82) is 0 Å². The summed E-state index contributed by atoms with van der Waals surface area (Å²) in [6, 6.07) is 8.11. The molecule has 112 valence electrons. The summed E-state index contributed by atoms with van der Waals surface area (Å²) < 4.78 is 26.4. The third-order valence-electron chi connectivity index (χ3n) is 3.10. The first kappa shape index (κ1) is 15.9. The van der Waals surface area contributed by atoms with Crippen LogP contribution in [0.5, 0.6) is 0 Å². The van der Waals surface area contributed by atoms with Crippen LogP contribution in [0.15, 0.2) is 47.6 Å². The quantitative estimate of drug-likeness (QED) is 0.912. The summed E-state index contributed by atoms with van der Waals surface area (Å²) in [5, 5.41) is 0.466. The van der Waals surface area contributed by atoms with Crippen molar-refractivity contribution in [3.05, 3.63) is 58.9 Å². The maximum Gasteiger partial charge on any atom is 0.243 e. The molecule has 2 N–H and O–H groups in total. The largest absolute Gasteiger partial charge is 0.326 e. The summed E-state index contributed by atoms with van der Waals surface area (Å²) in [6.45, 7) is 0.460. The fourth-order valence-corrected chi connectivity index (χ4v) is 3.28. The minimum atomic E-state index is -3.59. The molecule has 2 rings (SSSR count). The van der Waals surface area contributed by atoms with E-state index in [4.69, 9.17) is 17.3 Å². The predicted molar refractivity (Wildman–Crippen MR) is 82.2 cm³/mol. The van der Waals surface area contributed by atoms with Crippen molar-refractivity contribution in [3.63, 3.8) is 0 Å². The Morgan fingerprint density at radius 1 is 1.24 bits per heavy atom. The highest BCUT2D eigenvalue weighted by Crippen LogP contribution is 2.23. The smallest absolute Gasteiger partial charge is 0.243 e. The topological polar surface area (TPSA) is 76.3 Å². The first-order chi connectivity index (χ1) is 9.95. The standard InChI is InChI=1S/C14H16ClN3O2S/c1-18(10-11-4-6-17-7-5-11)21(19,20)13-2-3-14(15)12(8-13)9-16/h2-8H,9-10,16H2,1H3. The molecule has 0 unspecified atom stereocenters. The van der Waals surface area contributed by atoms with E-state index >= 15 is 0 Å². The fourth-order valence-electron chi connectivity index (χ4n) is 1.88. The summed E-state index contributed by atoms with van der Waals surface area (Å²) in [4.78, 5) is 4.09. The Morgan fingerprint density at radius 3 is 2.52 bits per heavy atom. The number of sulfonamides is 1. The first-order valence-electron chi connectivity index (χ1n) is 6.29. The Hall–Kier alpha value is -1.47. The van der Waals surface area contributed by atoms with E-state index in [1.165, 1.54) is 23.5 Å². The van der Waals surface area contributed by atoms with Crippen LogP contribution in [0.3, 0.4) is 0 Å². The molecule has 0 radical (unpaired) electrons. The predicted octanol–water partition coefficient (Wildman–Crippen LogP) is 2.01. The second kappa shape index (κ2) is 6.53. The number of nitrogens with zero attached hydrogens (tertiary/aromatic N) is 2. The Morgan fingerprint density at radius 2 is 1.90 bits per heavy atom. The molecule has 0 aliphatic rings. The fraction of sp³-hybridized carbons (Fsp3) is 0.214. The van der Waals surface area contributed by atoms with Crippen LogP contribution in [0.2, 0.25) is 5.02 Å². The van der Waals surface area contributed by atoms with Crippen LogP contribution >= 0.6 is 11.6 Å². The van der Waals surface area contributed by atoms with E-state index in [1.807, 2.05) is 0 Å². The Kier molecular flexibility index (Phi) is 4.95. The van der Waals surface area contributed by atoms with Crippen molar-refractivity contribution in [3.8, 4) is 0 Å². The number of hydrogen-bond acceptors (Lipinski definition) is 4. The van der Waals surface area contributed by atoms with Crippen LogP contribution in [0.25, 0.3) is 0 Å². The van der Waals surface area contributed by atoms with Crippen LogP contribution in [0.1, 0.15) is 11.1 Å². The average Bonchev–Trinajstić information content (AvgIpc) is 2.48. The number of pyridine rings is 1. The lowest BCUT2D eigenvalue weighted by Gasteiger charge is -2.18. The van der Waals surface area contributed by atoms with Gasteiger partial charge in [0, 0.05) is 37.6 Å². The van der Waals surface area contributed by atoms with Gasteiger partial charge in [0.25, 0.3) is 0 Å². The minimum Gasteiger partial charge on any atom is -0.326 e. The molecule has 0 spiro atoms. The van der Waals surface area contributed by atoms with Crippen molar-refractivity contribution >= 4 is 21.6 Å². The zero-order valence-corrected chi connectivity index (χ0v) is 13.1. The lowest BCUT2D eigenvalue weighted by atomic mass is 10.2. The molecule has 0 aliphatic carbocycles. The van der Waals surface area contributed by atoms with E-state index in [0.29, 0.717) is 10.6 Å². The molecule has 2 aromatic rings. The lowest BCUT2D eigenvalue weighted by molar-refractivity contribution is 0.466. The molecule has 0 fully saturated rings. The summed E-state index contributed by atoms with van der Waals surface area (Å²) in [5.41, 5.74) is 7.03. The summed E-state index contributed by atoms with van der Waals surface area (Å²) in [7, 11) is -2.05.